The van der Waals surface area contributed by atoms with Crippen molar-refractivity contribution < 1.29 is 19.1 Å². The van der Waals surface area contributed by atoms with Gasteiger partial charge in [0.05, 0.1) is 12.0 Å². The summed E-state index contributed by atoms with van der Waals surface area (Å²) >= 11 is 0. The first kappa shape index (κ1) is 15.3. The monoisotopic (exact) mass is 294 g/mol. The maximum atomic E-state index is 12.9. The number of nitrogens with zero attached hydrogens (tertiary/aromatic N) is 1. The van der Waals surface area contributed by atoms with Crippen LogP contribution < -0.4 is 5.32 Å². The molecule has 1 saturated heterocycles. The second-order valence-corrected chi connectivity index (χ2v) is 5.55. The SMILES string of the molecule is CC(NC(=O)N1C[C@@H](C)[C@H](C(=O)O)C1)c1ccc(F)cc1. The van der Waals surface area contributed by atoms with E-state index in [1.807, 2.05) is 6.92 Å². The van der Waals surface area contributed by atoms with Gasteiger partial charge in [-0.3, -0.25) is 4.79 Å². The van der Waals surface area contributed by atoms with Gasteiger partial charge in [0.2, 0.25) is 0 Å². The largest absolute Gasteiger partial charge is 0.481 e. The summed E-state index contributed by atoms with van der Waals surface area (Å²) in [5.41, 5.74) is 0.798. The minimum absolute atomic E-state index is 0.0608. The first-order valence-electron chi connectivity index (χ1n) is 6.92. The van der Waals surface area contributed by atoms with Gasteiger partial charge in [-0.1, -0.05) is 19.1 Å². The molecular formula is C15H19FN2O3. The van der Waals surface area contributed by atoms with Crippen molar-refractivity contribution in [3.8, 4) is 0 Å². The van der Waals surface area contributed by atoms with E-state index in [1.165, 1.54) is 17.0 Å². The minimum Gasteiger partial charge on any atom is -0.481 e. The van der Waals surface area contributed by atoms with Crippen LogP contribution in [0.3, 0.4) is 0 Å². The number of urea groups is 1. The smallest absolute Gasteiger partial charge is 0.317 e. The van der Waals surface area contributed by atoms with E-state index in [-0.39, 0.29) is 30.4 Å². The average Bonchev–Trinajstić information content (AvgIpc) is 2.81. The summed E-state index contributed by atoms with van der Waals surface area (Å²) in [4.78, 5) is 24.7. The van der Waals surface area contributed by atoms with Gasteiger partial charge in [0, 0.05) is 13.1 Å². The van der Waals surface area contributed by atoms with Crippen LogP contribution in [0.15, 0.2) is 24.3 Å². The van der Waals surface area contributed by atoms with Gasteiger partial charge in [-0.25, -0.2) is 9.18 Å². The van der Waals surface area contributed by atoms with E-state index in [9.17, 15) is 14.0 Å². The summed E-state index contributed by atoms with van der Waals surface area (Å²) in [6.45, 7) is 4.28. The number of carbonyl (C=O) groups excluding carboxylic acids is 1. The van der Waals surface area contributed by atoms with Crippen molar-refractivity contribution in [3.05, 3.63) is 35.6 Å². The maximum Gasteiger partial charge on any atom is 0.317 e. The summed E-state index contributed by atoms with van der Waals surface area (Å²) in [7, 11) is 0. The van der Waals surface area contributed by atoms with Crippen molar-refractivity contribution in [2.24, 2.45) is 11.8 Å². The van der Waals surface area contributed by atoms with E-state index in [2.05, 4.69) is 5.32 Å². The molecule has 1 aliphatic heterocycles. The Morgan fingerprint density at radius 1 is 1.33 bits per heavy atom. The third-order valence-electron chi connectivity index (χ3n) is 3.93. The van der Waals surface area contributed by atoms with E-state index in [1.54, 1.807) is 19.1 Å². The standard InChI is InChI=1S/C15H19FN2O3/c1-9-7-18(8-13(9)14(19)20)15(21)17-10(2)11-3-5-12(16)6-4-11/h3-6,9-10,13H,7-8H2,1-2H3,(H,17,21)(H,19,20)/t9-,10?,13-/m1/s1. The molecule has 3 atom stereocenters. The lowest BCUT2D eigenvalue weighted by molar-refractivity contribution is -0.142. The Morgan fingerprint density at radius 2 is 1.95 bits per heavy atom. The van der Waals surface area contributed by atoms with Crippen LogP contribution in [0.1, 0.15) is 25.5 Å². The highest BCUT2D eigenvalue weighted by atomic mass is 19.1. The Labute approximate surface area is 122 Å². The normalized spacial score (nSPS) is 22.9. The number of nitrogens with one attached hydrogen (secondary N) is 1. The minimum atomic E-state index is -0.871. The Hall–Kier alpha value is -2.11. The molecule has 1 unspecified atom stereocenters. The van der Waals surface area contributed by atoms with Crippen LogP contribution in [0, 0.1) is 17.7 Å². The molecule has 5 nitrogen and oxygen atoms in total. The zero-order valence-electron chi connectivity index (χ0n) is 12.0. The molecule has 0 spiro atoms. The highest BCUT2D eigenvalue weighted by Crippen LogP contribution is 2.23. The van der Waals surface area contributed by atoms with Crippen LogP contribution in [0.2, 0.25) is 0 Å². The Morgan fingerprint density at radius 3 is 2.48 bits per heavy atom. The number of amides is 2. The molecule has 0 aliphatic carbocycles. The molecule has 1 aliphatic rings. The van der Waals surface area contributed by atoms with Crippen LogP contribution >= 0.6 is 0 Å². The van der Waals surface area contributed by atoms with Gasteiger partial charge in [-0.05, 0) is 30.5 Å². The van der Waals surface area contributed by atoms with Gasteiger partial charge >= 0.3 is 12.0 Å². The number of carboxylic acid groups (broad SMARTS) is 1. The molecule has 114 valence electrons. The molecular weight excluding hydrogens is 275 g/mol. The van der Waals surface area contributed by atoms with Gasteiger partial charge in [0.1, 0.15) is 5.82 Å². The summed E-state index contributed by atoms with van der Waals surface area (Å²) in [6, 6.07) is 5.37. The lowest BCUT2D eigenvalue weighted by atomic mass is 9.99. The molecule has 21 heavy (non-hydrogen) atoms. The summed E-state index contributed by atoms with van der Waals surface area (Å²) in [5, 5.41) is 11.9. The second-order valence-electron chi connectivity index (χ2n) is 5.55. The number of hydrogen-bond donors (Lipinski definition) is 2. The van der Waals surface area contributed by atoms with Gasteiger partial charge < -0.3 is 15.3 Å². The van der Waals surface area contributed by atoms with Crippen molar-refractivity contribution in [1.29, 1.82) is 0 Å². The van der Waals surface area contributed by atoms with Crippen molar-refractivity contribution in [2.45, 2.75) is 19.9 Å². The maximum absolute atomic E-state index is 12.9. The third-order valence-corrected chi connectivity index (χ3v) is 3.93. The summed E-state index contributed by atoms with van der Waals surface area (Å²) in [5.74, 6) is -1.77. The van der Waals surface area contributed by atoms with Crippen LogP contribution in [-0.2, 0) is 4.79 Å². The molecule has 1 heterocycles. The highest BCUT2D eigenvalue weighted by Gasteiger charge is 2.37. The van der Waals surface area contributed by atoms with Crippen LogP contribution in [-0.4, -0.2) is 35.1 Å². The molecule has 1 aromatic carbocycles. The van der Waals surface area contributed by atoms with E-state index in [4.69, 9.17) is 5.11 Å². The van der Waals surface area contributed by atoms with Crippen molar-refractivity contribution in [1.82, 2.24) is 10.2 Å². The van der Waals surface area contributed by atoms with E-state index in [0.717, 1.165) is 5.56 Å². The Balaban J connectivity index is 1.95. The number of carboxylic acids is 1. The second kappa shape index (κ2) is 6.11. The fourth-order valence-corrected chi connectivity index (χ4v) is 2.57. The van der Waals surface area contributed by atoms with E-state index in [0.29, 0.717) is 6.54 Å². The summed E-state index contributed by atoms with van der Waals surface area (Å²) in [6.07, 6.45) is 0. The van der Waals surface area contributed by atoms with Gasteiger partial charge in [0.15, 0.2) is 0 Å². The number of aliphatic carboxylic acids is 1. The summed E-state index contributed by atoms with van der Waals surface area (Å²) < 4.78 is 12.9. The van der Waals surface area contributed by atoms with Crippen molar-refractivity contribution in [2.75, 3.05) is 13.1 Å². The van der Waals surface area contributed by atoms with Gasteiger partial charge in [-0.15, -0.1) is 0 Å². The lowest BCUT2D eigenvalue weighted by Gasteiger charge is -2.21. The predicted octanol–water partition coefficient (Wildman–Crippen LogP) is 2.25. The number of halogens is 1. The fourth-order valence-electron chi connectivity index (χ4n) is 2.57. The zero-order chi connectivity index (χ0) is 15.6. The molecule has 1 aromatic rings. The van der Waals surface area contributed by atoms with Crippen molar-refractivity contribution >= 4 is 12.0 Å². The van der Waals surface area contributed by atoms with Crippen molar-refractivity contribution in [3.63, 3.8) is 0 Å². The first-order valence-corrected chi connectivity index (χ1v) is 6.92. The average molecular weight is 294 g/mol. The quantitative estimate of drug-likeness (QED) is 0.898. The Kier molecular flexibility index (Phi) is 4.45. The highest BCUT2D eigenvalue weighted by molar-refractivity contribution is 5.78. The van der Waals surface area contributed by atoms with Crippen LogP contribution in [0.5, 0.6) is 0 Å². The van der Waals surface area contributed by atoms with E-state index < -0.39 is 11.9 Å². The van der Waals surface area contributed by atoms with Gasteiger partial charge in [0.25, 0.3) is 0 Å². The number of likely N-dealkylation sites (tertiary alicyclic amines) is 1. The molecule has 0 saturated carbocycles. The van der Waals surface area contributed by atoms with Crippen LogP contribution in [0.25, 0.3) is 0 Å². The molecule has 0 aromatic heterocycles. The molecule has 2 N–H and O–H groups in total. The Bertz CT molecular complexity index is 532. The number of hydrogen-bond acceptors (Lipinski definition) is 2. The topological polar surface area (TPSA) is 69.6 Å². The molecule has 1 fully saturated rings. The van der Waals surface area contributed by atoms with E-state index >= 15 is 0 Å². The zero-order valence-corrected chi connectivity index (χ0v) is 12.0. The van der Waals surface area contributed by atoms with Gasteiger partial charge in [-0.2, -0.15) is 0 Å². The third kappa shape index (κ3) is 3.51. The molecule has 2 amide bonds. The number of rotatable bonds is 3. The first-order chi connectivity index (χ1) is 9.88. The molecule has 0 bridgehead atoms. The molecule has 2 rings (SSSR count). The predicted molar refractivity (Wildman–Crippen MR) is 75.2 cm³/mol. The van der Waals surface area contributed by atoms with Crippen LogP contribution in [0.4, 0.5) is 9.18 Å². The molecule has 0 radical (unpaired) electrons. The fraction of sp³-hybridized carbons (Fsp3) is 0.467. The molecule has 6 heteroatoms. The number of benzene rings is 1. The lowest BCUT2D eigenvalue weighted by Crippen LogP contribution is -2.40. The number of carbonyl (C=O) groups is 2.